The maximum absolute atomic E-state index is 10.9. The lowest BCUT2D eigenvalue weighted by Crippen LogP contribution is -2.07. The molecule has 0 aromatic heterocycles. The summed E-state index contributed by atoms with van der Waals surface area (Å²) in [5.74, 6) is 0.825. The van der Waals surface area contributed by atoms with Crippen LogP contribution in [0.25, 0.3) is 0 Å². The summed E-state index contributed by atoms with van der Waals surface area (Å²) >= 11 is 0. The summed E-state index contributed by atoms with van der Waals surface area (Å²) in [6, 6.07) is 0. The highest BCUT2D eigenvalue weighted by Gasteiger charge is 2.13. The fourth-order valence-electron chi connectivity index (χ4n) is 1.39. The molecule has 0 aliphatic heterocycles. The maximum atomic E-state index is 10.9. The molecule has 1 atom stereocenters. The van der Waals surface area contributed by atoms with Gasteiger partial charge in [0.1, 0.15) is 0 Å². The normalized spacial score (nSPS) is 24.1. The van der Waals surface area contributed by atoms with E-state index in [1.165, 1.54) is 0 Å². The van der Waals surface area contributed by atoms with Crippen LogP contribution in [0, 0.1) is 5.92 Å². The number of hydrogen-bond donors (Lipinski definition) is 0. The Balaban J connectivity index is 2.57. The molecular weight excluding hydrogens is 136 g/mol. The van der Waals surface area contributed by atoms with Crippen LogP contribution in [-0.4, -0.2) is 5.78 Å². The van der Waals surface area contributed by atoms with E-state index in [4.69, 9.17) is 0 Å². The van der Waals surface area contributed by atoms with E-state index < -0.39 is 0 Å². The molecule has 0 aromatic carbocycles. The first-order chi connectivity index (χ1) is 5.24. The SMILES string of the molecule is C=C[C@H]1CC=C(C(C)=O)CC1. The van der Waals surface area contributed by atoms with Gasteiger partial charge in [0.2, 0.25) is 0 Å². The Kier molecular flexibility index (Phi) is 2.64. The van der Waals surface area contributed by atoms with Crippen molar-refractivity contribution in [3.05, 3.63) is 24.3 Å². The second-order valence-electron chi connectivity index (χ2n) is 3.06. The molecule has 0 unspecified atom stereocenters. The van der Waals surface area contributed by atoms with Gasteiger partial charge in [0.15, 0.2) is 5.78 Å². The number of rotatable bonds is 2. The average molecular weight is 150 g/mol. The molecule has 1 aliphatic carbocycles. The van der Waals surface area contributed by atoms with Gasteiger partial charge in [-0.2, -0.15) is 0 Å². The van der Waals surface area contributed by atoms with E-state index in [-0.39, 0.29) is 5.78 Å². The van der Waals surface area contributed by atoms with Gasteiger partial charge in [0.25, 0.3) is 0 Å². The molecule has 0 saturated heterocycles. The number of Topliss-reactive ketones (excluding diaryl/α,β-unsaturated/α-hetero) is 1. The highest BCUT2D eigenvalue weighted by Crippen LogP contribution is 2.24. The standard InChI is InChI=1S/C10H14O/c1-3-9-4-6-10(7-5-9)8(2)11/h3,6,9H,1,4-5,7H2,2H3/t9-/m0/s1. The van der Waals surface area contributed by atoms with E-state index in [1.807, 2.05) is 6.08 Å². The van der Waals surface area contributed by atoms with Gasteiger partial charge in [-0.05, 0) is 37.7 Å². The van der Waals surface area contributed by atoms with Gasteiger partial charge in [-0.25, -0.2) is 0 Å². The Hall–Kier alpha value is -0.850. The molecule has 0 amide bonds. The smallest absolute Gasteiger partial charge is 0.155 e. The number of carbonyl (C=O) groups is 1. The second-order valence-corrected chi connectivity index (χ2v) is 3.06. The summed E-state index contributed by atoms with van der Waals surface area (Å²) in [6.45, 7) is 5.38. The summed E-state index contributed by atoms with van der Waals surface area (Å²) in [5, 5.41) is 0. The molecule has 0 bridgehead atoms. The average Bonchev–Trinajstić information content (AvgIpc) is 2.05. The molecule has 11 heavy (non-hydrogen) atoms. The molecule has 0 aromatic rings. The summed E-state index contributed by atoms with van der Waals surface area (Å²) < 4.78 is 0. The van der Waals surface area contributed by atoms with Gasteiger partial charge < -0.3 is 0 Å². The van der Waals surface area contributed by atoms with Gasteiger partial charge in [0.05, 0.1) is 0 Å². The van der Waals surface area contributed by atoms with Crippen LogP contribution in [-0.2, 0) is 4.79 Å². The molecule has 1 rings (SSSR count). The highest BCUT2D eigenvalue weighted by molar-refractivity contribution is 5.93. The van der Waals surface area contributed by atoms with E-state index in [9.17, 15) is 4.79 Å². The maximum Gasteiger partial charge on any atom is 0.155 e. The van der Waals surface area contributed by atoms with Crippen molar-refractivity contribution in [2.45, 2.75) is 26.2 Å². The van der Waals surface area contributed by atoms with E-state index in [2.05, 4.69) is 12.7 Å². The molecular formula is C10H14O. The molecule has 0 spiro atoms. The van der Waals surface area contributed by atoms with E-state index >= 15 is 0 Å². The van der Waals surface area contributed by atoms with Crippen LogP contribution in [0.4, 0.5) is 0 Å². The Labute approximate surface area is 67.8 Å². The molecule has 0 heterocycles. The predicted octanol–water partition coefficient (Wildman–Crippen LogP) is 2.49. The first-order valence-corrected chi connectivity index (χ1v) is 4.06. The van der Waals surface area contributed by atoms with E-state index in [1.54, 1.807) is 6.92 Å². The first kappa shape index (κ1) is 8.25. The third-order valence-corrected chi connectivity index (χ3v) is 2.24. The van der Waals surface area contributed by atoms with E-state index in [0.717, 1.165) is 24.8 Å². The van der Waals surface area contributed by atoms with Crippen LogP contribution in [0.1, 0.15) is 26.2 Å². The van der Waals surface area contributed by atoms with Crippen molar-refractivity contribution < 1.29 is 4.79 Å². The van der Waals surface area contributed by atoms with Gasteiger partial charge in [-0.3, -0.25) is 4.79 Å². The molecule has 0 saturated carbocycles. The van der Waals surface area contributed by atoms with Gasteiger partial charge >= 0.3 is 0 Å². The third kappa shape index (κ3) is 2.04. The molecule has 1 aliphatic rings. The quantitative estimate of drug-likeness (QED) is 0.553. The fraction of sp³-hybridized carbons (Fsp3) is 0.500. The largest absolute Gasteiger partial charge is 0.295 e. The lowest BCUT2D eigenvalue weighted by atomic mass is 9.88. The molecule has 60 valence electrons. The topological polar surface area (TPSA) is 17.1 Å². The Morgan fingerprint density at radius 1 is 1.82 bits per heavy atom. The molecule has 0 N–H and O–H groups in total. The van der Waals surface area contributed by atoms with Crippen molar-refractivity contribution in [3.63, 3.8) is 0 Å². The van der Waals surface area contributed by atoms with Crippen molar-refractivity contribution in [3.8, 4) is 0 Å². The second kappa shape index (κ2) is 3.51. The van der Waals surface area contributed by atoms with Crippen molar-refractivity contribution in [2.24, 2.45) is 5.92 Å². The Morgan fingerprint density at radius 3 is 2.91 bits per heavy atom. The minimum Gasteiger partial charge on any atom is -0.295 e. The van der Waals surface area contributed by atoms with Crippen molar-refractivity contribution in [1.82, 2.24) is 0 Å². The summed E-state index contributed by atoms with van der Waals surface area (Å²) in [7, 11) is 0. The third-order valence-electron chi connectivity index (χ3n) is 2.24. The lowest BCUT2D eigenvalue weighted by Gasteiger charge is -2.16. The zero-order valence-corrected chi connectivity index (χ0v) is 6.97. The van der Waals surface area contributed by atoms with Crippen LogP contribution in [0.5, 0.6) is 0 Å². The van der Waals surface area contributed by atoms with Crippen LogP contribution < -0.4 is 0 Å². The molecule has 1 nitrogen and oxygen atoms in total. The monoisotopic (exact) mass is 150 g/mol. The minimum absolute atomic E-state index is 0.229. The molecule has 0 fully saturated rings. The first-order valence-electron chi connectivity index (χ1n) is 4.06. The lowest BCUT2D eigenvalue weighted by molar-refractivity contribution is -0.113. The molecule has 1 heteroatoms. The Morgan fingerprint density at radius 2 is 2.55 bits per heavy atom. The number of hydrogen-bond acceptors (Lipinski definition) is 1. The van der Waals surface area contributed by atoms with Gasteiger partial charge in [-0.15, -0.1) is 6.58 Å². The number of carbonyl (C=O) groups excluding carboxylic acids is 1. The van der Waals surface area contributed by atoms with Crippen LogP contribution >= 0.6 is 0 Å². The Bertz CT molecular complexity index is 201. The van der Waals surface area contributed by atoms with Crippen molar-refractivity contribution in [2.75, 3.05) is 0 Å². The molecule has 0 radical (unpaired) electrons. The van der Waals surface area contributed by atoms with Crippen LogP contribution in [0.2, 0.25) is 0 Å². The number of ketones is 1. The highest BCUT2D eigenvalue weighted by atomic mass is 16.1. The van der Waals surface area contributed by atoms with Crippen molar-refractivity contribution >= 4 is 5.78 Å². The number of allylic oxidation sites excluding steroid dienone is 3. The minimum atomic E-state index is 0.229. The van der Waals surface area contributed by atoms with E-state index in [0.29, 0.717) is 5.92 Å². The summed E-state index contributed by atoms with van der Waals surface area (Å²) in [6.07, 6.45) is 7.06. The summed E-state index contributed by atoms with van der Waals surface area (Å²) in [4.78, 5) is 10.9. The fourth-order valence-corrected chi connectivity index (χ4v) is 1.39. The van der Waals surface area contributed by atoms with Crippen LogP contribution in [0.3, 0.4) is 0 Å². The van der Waals surface area contributed by atoms with Crippen molar-refractivity contribution in [1.29, 1.82) is 0 Å². The predicted molar refractivity (Wildman–Crippen MR) is 46.3 cm³/mol. The summed E-state index contributed by atoms with van der Waals surface area (Å²) in [5.41, 5.74) is 1.00. The van der Waals surface area contributed by atoms with Gasteiger partial charge in [-0.1, -0.05) is 12.2 Å². The zero-order valence-electron chi connectivity index (χ0n) is 6.97. The van der Waals surface area contributed by atoms with Gasteiger partial charge in [0, 0.05) is 0 Å². The van der Waals surface area contributed by atoms with Crippen LogP contribution in [0.15, 0.2) is 24.3 Å². The zero-order chi connectivity index (χ0) is 8.27.